The summed E-state index contributed by atoms with van der Waals surface area (Å²) in [7, 11) is 0. The lowest BCUT2D eigenvalue weighted by Gasteiger charge is -2.21. The van der Waals surface area contributed by atoms with Gasteiger partial charge in [-0.15, -0.1) is 0 Å². The van der Waals surface area contributed by atoms with Crippen molar-refractivity contribution < 1.29 is 29.3 Å². The third-order valence-corrected chi connectivity index (χ3v) is 3.95. The van der Waals surface area contributed by atoms with Gasteiger partial charge in [0, 0.05) is 0 Å². The van der Waals surface area contributed by atoms with Crippen molar-refractivity contribution in [2.24, 2.45) is 0 Å². The molecule has 0 fully saturated rings. The van der Waals surface area contributed by atoms with Crippen LogP contribution in [0.2, 0.25) is 0 Å². The first-order valence-corrected chi connectivity index (χ1v) is 8.35. The molecule has 0 aliphatic rings. The van der Waals surface area contributed by atoms with Crippen LogP contribution in [-0.2, 0) is 0 Å². The summed E-state index contributed by atoms with van der Waals surface area (Å²) in [5, 5.41) is 18.9. The molecule has 0 aliphatic carbocycles. The summed E-state index contributed by atoms with van der Waals surface area (Å²) in [6.07, 6.45) is 2.45. The van der Waals surface area contributed by atoms with E-state index in [0.717, 1.165) is 0 Å². The molecule has 134 valence electrons. The molecule has 6 nitrogen and oxygen atoms in total. The Morgan fingerprint density at radius 2 is 1.08 bits per heavy atom. The molecule has 0 atom stereocenters. The maximum absolute atomic E-state index is 11.6. The lowest BCUT2D eigenvalue weighted by molar-refractivity contribution is 0.0665. The van der Waals surface area contributed by atoms with Crippen molar-refractivity contribution in [3.05, 3.63) is 23.3 Å². The van der Waals surface area contributed by atoms with E-state index in [9.17, 15) is 19.8 Å². The predicted octanol–water partition coefficient (Wildman–Crippen LogP) is 4.22. The standard InChI is InChI=1S/C18H26O6/c1-5-11(6-2)23-15-9-14(18(21)22)16(10-13(15)17(19)20)24-12(7-3)8-4/h9-12H,5-8H2,1-4H3,(H,19,20)(H,21,22). The highest BCUT2D eigenvalue weighted by Gasteiger charge is 2.23. The monoisotopic (exact) mass is 338 g/mol. The molecule has 2 N–H and O–H groups in total. The number of rotatable bonds is 10. The van der Waals surface area contributed by atoms with E-state index in [-0.39, 0.29) is 34.8 Å². The molecule has 0 radical (unpaired) electrons. The quantitative estimate of drug-likeness (QED) is 0.663. The molecule has 1 rings (SSSR count). The van der Waals surface area contributed by atoms with Crippen LogP contribution < -0.4 is 9.47 Å². The number of hydrogen-bond donors (Lipinski definition) is 2. The lowest BCUT2D eigenvalue weighted by Crippen LogP contribution is -2.19. The molecule has 1 aromatic rings. The number of ether oxygens (including phenoxy) is 2. The Bertz CT molecular complexity index is 521. The van der Waals surface area contributed by atoms with Gasteiger partial charge in [-0.1, -0.05) is 27.7 Å². The van der Waals surface area contributed by atoms with Crippen molar-refractivity contribution in [1.82, 2.24) is 0 Å². The van der Waals surface area contributed by atoms with Crippen LogP contribution in [0.1, 0.15) is 74.1 Å². The maximum Gasteiger partial charge on any atom is 0.339 e. The zero-order valence-corrected chi connectivity index (χ0v) is 14.7. The van der Waals surface area contributed by atoms with Gasteiger partial charge in [0.05, 0.1) is 12.2 Å². The topological polar surface area (TPSA) is 93.1 Å². The van der Waals surface area contributed by atoms with Crippen LogP contribution >= 0.6 is 0 Å². The van der Waals surface area contributed by atoms with Gasteiger partial charge in [-0.25, -0.2) is 9.59 Å². The Kier molecular flexibility index (Phi) is 7.55. The fourth-order valence-corrected chi connectivity index (χ4v) is 2.36. The predicted molar refractivity (Wildman–Crippen MR) is 90.4 cm³/mol. The lowest BCUT2D eigenvalue weighted by atomic mass is 10.1. The molecule has 0 aromatic heterocycles. The minimum absolute atomic E-state index is 0.0606. The van der Waals surface area contributed by atoms with Crippen LogP contribution in [0, 0.1) is 0 Å². The van der Waals surface area contributed by atoms with Gasteiger partial charge in [-0.3, -0.25) is 0 Å². The van der Waals surface area contributed by atoms with Gasteiger partial charge in [0.25, 0.3) is 0 Å². The molecule has 0 spiro atoms. The second-order valence-corrected chi connectivity index (χ2v) is 5.57. The van der Waals surface area contributed by atoms with Gasteiger partial charge in [-0.2, -0.15) is 0 Å². The number of carboxylic acid groups (broad SMARTS) is 2. The number of carboxylic acids is 2. The van der Waals surface area contributed by atoms with Crippen LogP contribution in [0.5, 0.6) is 11.5 Å². The van der Waals surface area contributed by atoms with E-state index in [0.29, 0.717) is 25.7 Å². The van der Waals surface area contributed by atoms with E-state index >= 15 is 0 Å². The van der Waals surface area contributed by atoms with Crippen LogP contribution in [0.15, 0.2) is 12.1 Å². The molecule has 0 aliphatic heterocycles. The van der Waals surface area contributed by atoms with Crippen molar-refractivity contribution >= 4 is 11.9 Å². The summed E-state index contributed by atoms with van der Waals surface area (Å²) in [5.41, 5.74) is -0.180. The summed E-state index contributed by atoms with van der Waals surface area (Å²) >= 11 is 0. The van der Waals surface area contributed by atoms with Gasteiger partial charge >= 0.3 is 11.9 Å². The van der Waals surface area contributed by atoms with Gasteiger partial charge in [0.1, 0.15) is 22.6 Å². The summed E-state index contributed by atoms with van der Waals surface area (Å²) in [6, 6.07) is 2.50. The minimum atomic E-state index is -1.18. The van der Waals surface area contributed by atoms with E-state index in [1.165, 1.54) is 12.1 Å². The van der Waals surface area contributed by atoms with E-state index < -0.39 is 11.9 Å². The molecule has 0 saturated heterocycles. The minimum Gasteiger partial charge on any atom is -0.490 e. The van der Waals surface area contributed by atoms with E-state index in [2.05, 4.69) is 0 Å². The smallest absolute Gasteiger partial charge is 0.339 e. The molecule has 24 heavy (non-hydrogen) atoms. The zero-order valence-electron chi connectivity index (χ0n) is 14.7. The van der Waals surface area contributed by atoms with Gasteiger partial charge in [0.15, 0.2) is 0 Å². The van der Waals surface area contributed by atoms with Crippen molar-refractivity contribution in [3.63, 3.8) is 0 Å². The average Bonchev–Trinajstić information content (AvgIpc) is 2.57. The average molecular weight is 338 g/mol. The van der Waals surface area contributed by atoms with E-state index in [4.69, 9.17) is 9.47 Å². The second kappa shape index (κ2) is 9.15. The largest absolute Gasteiger partial charge is 0.490 e. The Balaban J connectivity index is 3.38. The fraction of sp³-hybridized carbons (Fsp3) is 0.556. The number of hydrogen-bond acceptors (Lipinski definition) is 4. The van der Waals surface area contributed by atoms with Gasteiger partial charge in [-0.05, 0) is 37.8 Å². The zero-order chi connectivity index (χ0) is 18.3. The molecule has 0 bridgehead atoms. The summed E-state index contributed by atoms with van der Waals surface area (Å²) in [6.45, 7) is 7.71. The first kappa shape index (κ1) is 19.8. The maximum atomic E-state index is 11.6. The first-order valence-electron chi connectivity index (χ1n) is 8.35. The first-order chi connectivity index (χ1) is 11.4. The van der Waals surface area contributed by atoms with Crippen molar-refractivity contribution in [3.8, 4) is 11.5 Å². The Morgan fingerprint density at radius 3 is 1.29 bits per heavy atom. The number of carbonyl (C=O) groups is 2. The number of aromatic carboxylic acids is 2. The molecule has 0 amide bonds. The van der Waals surface area contributed by atoms with Gasteiger partial charge in [0.2, 0.25) is 0 Å². The summed E-state index contributed by atoms with van der Waals surface area (Å²) < 4.78 is 11.4. The summed E-state index contributed by atoms with van der Waals surface area (Å²) in [5.74, 6) is -2.24. The third-order valence-electron chi connectivity index (χ3n) is 3.95. The van der Waals surface area contributed by atoms with E-state index in [1.54, 1.807) is 0 Å². The molecule has 6 heteroatoms. The SMILES string of the molecule is CCC(CC)Oc1cc(C(=O)O)c(OC(CC)CC)cc1C(=O)O. The van der Waals surface area contributed by atoms with E-state index in [1.807, 2.05) is 27.7 Å². The highest BCUT2D eigenvalue weighted by atomic mass is 16.5. The molecular formula is C18H26O6. The van der Waals surface area contributed by atoms with Crippen LogP contribution in [0.25, 0.3) is 0 Å². The van der Waals surface area contributed by atoms with Crippen LogP contribution in [0.4, 0.5) is 0 Å². The highest BCUT2D eigenvalue weighted by Crippen LogP contribution is 2.32. The normalized spacial score (nSPS) is 10.9. The van der Waals surface area contributed by atoms with Crippen LogP contribution in [-0.4, -0.2) is 34.4 Å². The van der Waals surface area contributed by atoms with Crippen molar-refractivity contribution in [2.45, 2.75) is 65.6 Å². The number of benzene rings is 1. The molecule has 1 aromatic carbocycles. The Hall–Kier alpha value is -2.24. The fourth-order valence-electron chi connectivity index (χ4n) is 2.36. The second-order valence-electron chi connectivity index (χ2n) is 5.57. The van der Waals surface area contributed by atoms with Crippen LogP contribution in [0.3, 0.4) is 0 Å². The molecule has 0 saturated carbocycles. The third kappa shape index (κ3) is 4.88. The highest BCUT2D eigenvalue weighted by molar-refractivity contribution is 5.97. The molecule has 0 unspecified atom stereocenters. The Morgan fingerprint density at radius 1 is 0.792 bits per heavy atom. The molecular weight excluding hydrogens is 312 g/mol. The Labute approximate surface area is 142 Å². The van der Waals surface area contributed by atoms with Crippen molar-refractivity contribution in [1.29, 1.82) is 0 Å². The molecule has 0 heterocycles. The van der Waals surface area contributed by atoms with Crippen molar-refractivity contribution in [2.75, 3.05) is 0 Å². The summed E-state index contributed by atoms with van der Waals surface area (Å²) in [4.78, 5) is 23.1. The van der Waals surface area contributed by atoms with Gasteiger partial charge < -0.3 is 19.7 Å².